The van der Waals surface area contributed by atoms with Gasteiger partial charge in [-0.05, 0) is 20.2 Å². The SMILES string of the molecule is CN(C)CCn1nc(-c2ccccc2)c2c(C(F)F)cc(Cl)nc21. The standard InChI is InChI=1S/C17H17ClF2N4/c1-23(2)8-9-24-17-14(12(16(19)20)10-13(18)21-17)15(22-24)11-6-4-3-5-7-11/h3-7,10,16H,8-9H2,1-2H3. The number of hydrogen-bond acceptors (Lipinski definition) is 3. The van der Waals surface area contributed by atoms with Crippen molar-refractivity contribution in [1.82, 2.24) is 19.7 Å². The summed E-state index contributed by atoms with van der Waals surface area (Å²) in [5, 5.41) is 4.96. The molecule has 126 valence electrons. The lowest BCUT2D eigenvalue weighted by Gasteiger charge is -2.10. The van der Waals surface area contributed by atoms with E-state index in [9.17, 15) is 8.78 Å². The second-order valence-corrected chi connectivity index (χ2v) is 6.16. The van der Waals surface area contributed by atoms with Crippen LogP contribution in [0.1, 0.15) is 12.0 Å². The molecule has 0 amide bonds. The largest absolute Gasteiger partial charge is 0.308 e. The smallest absolute Gasteiger partial charge is 0.264 e. The number of halogens is 3. The van der Waals surface area contributed by atoms with Crippen LogP contribution in [0.5, 0.6) is 0 Å². The summed E-state index contributed by atoms with van der Waals surface area (Å²) in [7, 11) is 3.88. The van der Waals surface area contributed by atoms with Crippen molar-refractivity contribution in [3.05, 3.63) is 47.1 Å². The van der Waals surface area contributed by atoms with Crippen LogP contribution in [0.15, 0.2) is 36.4 Å². The van der Waals surface area contributed by atoms with E-state index in [-0.39, 0.29) is 10.7 Å². The number of nitrogens with zero attached hydrogens (tertiary/aromatic N) is 4. The van der Waals surface area contributed by atoms with Crippen LogP contribution in [-0.4, -0.2) is 40.3 Å². The number of likely N-dealkylation sites (N-methyl/N-ethyl adjacent to an activating group) is 1. The van der Waals surface area contributed by atoms with Crippen molar-refractivity contribution in [1.29, 1.82) is 0 Å². The Morgan fingerprint density at radius 1 is 1.21 bits per heavy atom. The van der Waals surface area contributed by atoms with Gasteiger partial charge in [0.25, 0.3) is 6.43 Å². The predicted molar refractivity (Wildman–Crippen MR) is 91.5 cm³/mol. The van der Waals surface area contributed by atoms with E-state index in [1.807, 2.05) is 49.3 Å². The molecular weight excluding hydrogens is 334 g/mol. The maximum Gasteiger partial charge on any atom is 0.264 e. The summed E-state index contributed by atoms with van der Waals surface area (Å²) in [4.78, 5) is 6.25. The van der Waals surface area contributed by atoms with Crippen molar-refractivity contribution in [3.63, 3.8) is 0 Å². The van der Waals surface area contributed by atoms with Gasteiger partial charge in [-0.15, -0.1) is 0 Å². The first-order chi connectivity index (χ1) is 11.5. The Morgan fingerprint density at radius 3 is 2.54 bits per heavy atom. The molecule has 0 radical (unpaired) electrons. The molecule has 1 aromatic carbocycles. The molecule has 0 aliphatic carbocycles. The Labute approximate surface area is 143 Å². The van der Waals surface area contributed by atoms with Crippen molar-refractivity contribution in [2.75, 3.05) is 20.6 Å². The van der Waals surface area contributed by atoms with Gasteiger partial charge in [-0.2, -0.15) is 5.10 Å². The van der Waals surface area contributed by atoms with Gasteiger partial charge in [-0.1, -0.05) is 41.9 Å². The van der Waals surface area contributed by atoms with Gasteiger partial charge in [0.2, 0.25) is 0 Å². The molecule has 0 saturated carbocycles. The molecule has 7 heteroatoms. The fourth-order valence-corrected chi connectivity index (χ4v) is 2.78. The van der Waals surface area contributed by atoms with E-state index in [2.05, 4.69) is 10.1 Å². The molecule has 0 N–H and O–H groups in total. The highest BCUT2D eigenvalue weighted by Gasteiger charge is 2.22. The fraction of sp³-hybridized carbons (Fsp3) is 0.294. The molecule has 0 fully saturated rings. The predicted octanol–water partition coefficient (Wildman–Crippen LogP) is 4.25. The van der Waals surface area contributed by atoms with Gasteiger partial charge in [0.1, 0.15) is 10.8 Å². The van der Waals surface area contributed by atoms with E-state index in [0.717, 1.165) is 5.56 Å². The third-order valence-electron chi connectivity index (χ3n) is 3.74. The van der Waals surface area contributed by atoms with Crippen LogP contribution in [0.25, 0.3) is 22.3 Å². The quantitative estimate of drug-likeness (QED) is 0.645. The van der Waals surface area contributed by atoms with Gasteiger partial charge in [-0.25, -0.2) is 18.4 Å². The monoisotopic (exact) mass is 350 g/mol. The highest BCUT2D eigenvalue weighted by atomic mass is 35.5. The summed E-state index contributed by atoms with van der Waals surface area (Å²) in [5.74, 6) is 0. The van der Waals surface area contributed by atoms with Crippen molar-refractivity contribution >= 4 is 22.6 Å². The number of aromatic nitrogens is 3. The third kappa shape index (κ3) is 3.25. The summed E-state index contributed by atoms with van der Waals surface area (Å²) >= 11 is 5.96. The van der Waals surface area contributed by atoms with E-state index in [1.54, 1.807) is 4.68 Å². The minimum atomic E-state index is -2.65. The average molecular weight is 351 g/mol. The van der Waals surface area contributed by atoms with Crippen molar-refractivity contribution in [3.8, 4) is 11.3 Å². The molecule has 0 bridgehead atoms. The Balaban J connectivity index is 2.26. The Morgan fingerprint density at radius 2 is 1.92 bits per heavy atom. The number of rotatable bonds is 5. The number of fused-ring (bicyclic) bond motifs is 1. The Hall–Kier alpha value is -2.05. The molecule has 3 rings (SSSR count). The molecule has 24 heavy (non-hydrogen) atoms. The number of alkyl halides is 2. The first-order valence-electron chi connectivity index (χ1n) is 7.52. The summed E-state index contributed by atoms with van der Waals surface area (Å²) in [5.41, 5.74) is 1.53. The lowest BCUT2D eigenvalue weighted by molar-refractivity contribution is 0.153. The number of benzene rings is 1. The average Bonchev–Trinajstić information content (AvgIpc) is 2.91. The summed E-state index contributed by atoms with van der Waals surface area (Å²) in [6.45, 7) is 1.25. The van der Waals surface area contributed by atoms with Crippen LogP contribution in [0.3, 0.4) is 0 Å². The Bertz CT molecular complexity index is 847. The van der Waals surface area contributed by atoms with Gasteiger partial charge in [0.15, 0.2) is 5.65 Å². The van der Waals surface area contributed by atoms with Gasteiger partial charge in [-0.3, -0.25) is 0 Å². The maximum atomic E-state index is 13.6. The first-order valence-corrected chi connectivity index (χ1v) is 7.90. The summed E-state index contributed by atoms with van der Waals surface area (Å²) < 4.78 is 28.8. The lowest BCUT2D eigenvalue weighted by Crippen LogP contribution is -2.19. The molecule has 0 atom stereocenters. The lowest BCUT2D eigenvalue weighted by atomic mass is 10.1. The molecule has 0 aliphatic rings. The van der Waals surface area contributed by atoms with E-state index in [4.69, 9.17) is 11.6 Å². The van der Waals surface area contributed by atoms with Crippen LogP contribution in [0, 0.1) is 0 Å². The molecule has 2 aromatic heterocycles. The van der Waals surface area contributed by atoms with Crippen LogP contribution in [0.4, 0.5) is 8.78 Å². The molecule has 0 unspecified atom stereocenters. The highest BCUT2D eigenvalue weighted by molar-refractivity contribution is 6.30. The second-order valence-electron chi connectivity index (χ2n) is 5.77. The van der Waals surface area contributed by atoms with Crippen LogP contribution >= 0.6 is 11.6 Å². The summed E-state index contributed by atoms with van der Waals surface area (Å²) in [6.07, 6.45) is -2.65. The zero-order valence-electron chi connectivity index (χ0n) is 13.4. The minimum absolute atomic E-state index is 0.0448. The molecule has 3 aromatic rings. The molecule has 0 spiro atoms. The van der Waals surface area contributed by atoms with Gasteiger partial charge in [0, 0.05) is 17.7 Å². The Kier molecular flexibility index (Phi) is 4.78. The topological polar surface area (TPSA) is 34.0 Å². The molecular formula is C17H17ClF2N4. The number of pyridine rings is 1. The van der Waals surface area contributed by atoms with Crippen molar-refractivity contribution in [2.45, 2.75) is 13.0 Å². The number of hydrogen-bond donors (Lipinski definition) is 0. The highest BCUT2D eigenvalue weighted by Crippen LogP contribution is 2.35. The van der Waals surface area contributed by atoms with E-state index >= 15 is 0 Å². The van der Waals surface area contributed by atoms with Crippen molar-refractivity contribution in [2.24, 2.45) is 0 Å². The maximum absolute atomic E-state index is 13.6. The minimum Gasteiger partial charge on any atom is -0.308 e. The van der Waals surface area contributed by atoms with Crippen LogP contribution in [0.2, 0.25) is 5.15 Å². The molecule has 0 aliphatic heterocycles. The van der Waals surface area contributed by atoms with Crippen LogP contribution in [-0.2, 0) is 6.54 Å². The fourth-order valence-electron chi connectivity index (χ4n) is 2.59. The van der Waals surface area contributed by atoms with Gasteiger partial charge in [0.05, 0.1) is 11.9 Å². The van der Waals surface area contributed by atoms with Crippen LogP contribution < -0.4 is 0 Å². The van der Waals surface area contributed by atoms with Gasteiger partial charge < -0.3 is 4.90 Å². The summed E-state index contributed by atoms with van der Waals surface area (Å²) in [6, 6.07) is 10.5. The third-order valence-corrected chi connectivity index (χ3v) is 3.94. The zero-order chi connectivity index (χ0) is 17.3. The van der Waals surface area contributed by atoms with Crippen molar-refractivity contribution < 1.29 is 8.78 Å². The van der Waals surface area contributed by atoms with E-state index in [0.29, 0.717) is 29.8 Å². The molecule has 0 saturated heterocycles. The molecule has 4 nitrogen and oxygen atoms in total. The van der Waals surface area contributed by atoms with E-state index in [1.165, 1.54) is 6.07 Å². The normalized spacial score (nSPS) is 11.8. The first kappa shape index (κ1) is 16.8. The van der Waals surface area contributed by atoms with Gasteiger partial charge >= 0.3 is 0 Å². The zero-order valence-corrected chi connectivity index (χ0v) is 14.1. The second kappa shape index (κ2) is 6.83. The van der Waals surface area contributed by atoms with E-state index < -0.39 is 6.43 Å². The molecule has 2 heterocycles.